The van der Waals surface area contributed by atoms with Crippen LogP contribution in [0.1, 0.15) is 17.3 Å². The van der Waals surface area contributed by atoms with Gasteiger partial charge in [-0.1, -0.05) is 0 Å². The number of rotatable bonds is 7. The lowest BCUT2D eigenvalue weighted by Gasteiger charge is -2.15. The van der Waals surface area contributed by atoms with Gasteiger partial charge in [0.1, 0.15) is 5.70 Å². The molecule has 130 valence electrons. The minimum atomic E-state index is -0.758. The number of carbonyl (C=O) groups is 3. The standard InChI is InChI=1S/C16H20N2O6/c1-5-17-11-7-6-10(15(20)23-3)8-12(11)18-13(16(21)24-4)9-14(19)22-2/h6-9,17-18H,5H2,1-4H3/b13-9+. The molecule has 2 N–H and O–H groups in total. The number of benzene rings is 1. The van der Waals surface area contributed by atoms with Crippen LogP contribution in [-0.4, -0.2) is 45.8 Å². The third-order valence-corrected chi connectivity index (χ3v) is 2.95. The highest BCUT2D eigenvalue weighted by molar-refractivity contribution is 6.00. The topological polar surface area (TPSA) is 103 Å². The van der Waals surface area contributed by atoms with Crippen LogP contribution < -0.4 is 10.6 Å². The van der Waals surface area contributed by atoms with Gasteiger partial charge in [-0.25, -0.2) is 14.4 Å². The fourth-order valence-electron chi connectivity index (χ4n) is 1.81. The molecule has 0 aliphatic carbocycles. The van der Waals surface area contributed by atoms with E-state index in [1.807, 2.05) is 6.92 Å². The van der Waals surface area contributed by atoms with Crippen molar-refractivity contribution in [1.82, 2.24) is 0 Å². The smallest absolute Gasteiger partial charge is 0.354 e. The summed E-state index contributed by atoms with van der Waals surface area (Å²) in [6.07, 6.45) is 0.965. The molecule has 8 heteroatoms. The van der Waals surface area contributed by atoms with Gasteiger partial charge in [0.2, 0.25) is 0 Å². The highest BCUT2D eigenvalue weighted by Crippen LogP contribution is 2.25. The largest absolute Gasteiger partial charge is 0.466 e. The van der Waals surface area contributed by atoms with Gasteiger partial charge in [0.05, 0.1) is 44.3 Å². The molecule has 0 saturated heterocycles. The number of anilines is 2. The number of carbonyl (C=O) groups excluding carboxylic acids is 3. The van der Waals surface area contributed by atoms with E-state index in [2.05, 4.69) is 24.8 Å². The van der Waals surface area contributed by atoms with Gasteiger partial charge in [-0.2, -0.15) is 0 Å². The summed E-state index contributed by atoms with van der Waals surface area (Å²) in [7, 11) is 3.64. The minimum absolute atomic E-state index is 0.134. The van der Waals surface area contributed by atoms with Crippen LogP contribution in [0.2, 0.25) is 0 Å². The van der Waals surface area contributed by atoms with Crippen molar-refractivity contribution >= 4 is 29.3 Å². The highest BCUT2D eigenvalue weighted by Gasteiger charge is 2.16. The summed E-state index contributed by atoms with van der Waals surface area (Å²) in [5, 5.41) is 5.86. The van der Waals surface area contributed by atoms with Crippen molar-refractivity contribution in [2.75, 3.05) is 38.5 Å². The van der Waals surface area contributed by atoms with Gasteiger partial charge in [-0.05, 0) is 25.1 Å². The Bertz CT molecular complexity index is 654. The summed E-state index contributed by atoms with van der Waals surface area (Å²) in [6.45, 7) is 2.50. The van der Waals surface area contributed by atoms with E-state index in [-0.39, 0.29) is 11.3 Å². The van der Waals surface area contributed by atoms with E-state index in [0.717, 1.165) is 6.08 Å². The molecule has 0 fully saturated rings. The van der Waals surface area contributed by atoms with E-state index >= 15 is 0 Å². The Morgan fingerprint density at radius 2 is 1.75 bits per heavy atom. The summed E-state index contributed by atoms with van der Waals surface area (Å²) in [5.74, 6) is -2.01. The van der Waals surface area contributed by atoms with Crippen molar-refractivity contribution in [1.29, 1.82) is 0 Å². The Hall–Kier alpha value is -3.03. The summed E-state index contributed by atoms with van der Waals surface area (Å²) >= 11 is 0. The molecule has 0 unspecified atom stereocenters. The first-order valence-corrected chi connectivity index (χ1v) is 7.08. The fraction of sp³-hybridized carbons (Fsp3) is 0.312. The molecule has 0 radical (unpaired) electrons. The minimum Gasteiger partial charge on any atom is -0.466 e. The first-order valence-electron chi connectivity index (χ1n) is 7.08. The molecule has 0 heterocycles. The first kappa shape index (κ1) is 19.0. The number of ether oxygens (including phenoxy) is 3. The van der Waals surface area contributed by atoms with Crippen LogP contribution in [0, 0.1) is 0 Å². The van der Waals surface area contributed by atoms with Crippen LogP contribution in [0.3, 0.4) is 0 Å². The molecule has 1 aromatic carbocycles. The molecule has 0 aliphatic heterocycles. The van der Waals surface area contributed by atoms with Crippen molar-refractivity contribution in [3.8, 4) is 0 Å². The van der Waals surface area contributed by atoms with Crippen LogP contribution in [0.4, 0.5) is 11.4 Å². The monoisotopic (exact) mass is 336 g/mol. The highest BCUT2D eigenvalue weighted by atomic mass is 16.5. The molecule has 0 aliphatic rings. The van der Waals surface area contributed by atoms with Crippen LogP contribution >= 0.6 is 0 Å². The van der Waals surface area contributed by atoms with Crippen LogP contribution in [0.5, 0.6) is 0 Å². The second-order valence-electron chi connectivity index (χ2n) is 4.48. The Balaban J connectivity index is 3.28. The predicted molar refractivity (Wildman–Crippen MR) is 87.7 cm³/mol. The SMILES string of the molecule is CCNc1ccc(C(=O)OC)cc1N/C(=C/C(=O)OC)C(=O)OC. The van der Waals surface area contributed by atoms with Crippen molar-refractivity contribution in [3.63, 3.8) is 0 Å². The molecule has 1 aromatic rings. The van der Waals surface area contributed by atoms with Crippen molar-refractivity contribution in [2.45, 2.75) is 6.92 Å². The van der Waals surface area contributed by atoms with Gasteiger partial charge in [0.15, 0.2) is 0 Å². The van der Waals surface area contributed by atoms with Crippen LogP contribution in [0.25, 0.3) is 0 Å². The lowest BCUT2D eigenvalue weighted by atomic mass is 10.1. The normalized spacial score (nSPS) is 10.6. The molecule has 0 saturated carbocycles. The molecule has 0 aromatic heterocycles. The zero-order valence-electron chi connectivity index (χ0n) is 14.0. The average molecular weight is 336 g/mol. The maximum Gasteiger partial charge on any atom is 0.354 e. The molecule has 24 heavy (non-hydrogen) atoms. The predicted octanol–water partition coefficient (Wildman–Crippen LogP) is 1.55. The van der Waals surface area contributed by atoms with E-state index in [1.165, 1.54) is 27.4 Å². The Kier molecular flexibility index (Phi) is 7.28. The molecule has 1 rings (SSSR count). The molecule has 0 amide bonds. The third-order valence-electron chi connectivity index (χ3n) is 2.95. The number of hydrogen-bond acceptors (Lipinski definition) is 8. The summed E-state index contributed by atoms with van der Waals surface area (Å²) in [6, 6.07) is 4.74. The van der Waals surface area contributed by atoms with Crippen molar-refractivity contribution in [3.05, 3.63) is 35.5 Å². The lowest BCUT2D eigenvalue weighted by molar-refractivity contribution is -0.138. The summed E-state index contributed by atoms with van der Waals surface area (Å²) < 4.78 is 13.8. The molecule has 0 spiro atoms. The quantitative estimate of drug-likeness (QED) is 0.439. The molecule has 0 atom stereocenters. The van der Waals surface area contributed by atoms with Crippen molar-refractivity contribution < 1.29 is 28.6 Å². The van der Waals surface area contributed by atoms with E-state index < -0.39 is 17.9 Å². The average Bonchev–Trinajstić information content (AvgIpc) is 2.60. The van der Waals surface area contributed by atoms with Crippen LogP contribution in [0.15, 0.2) is 30.0 Å². The molecular formula is C16H20N2O6. The number of hydrogen-bond donors (Lipinski definition) is 2. The number of esters is 3. The first-order chi connectivity index (χ1) is 11.5. The fourth-order valence-corrected chi connectivity index (χ4v) is 1.81. The second-order valence-corrected chi connectivity index (χ2v) is 4.48. The summed E-state index contributed by atoms with van der Waals surface area (Å²) in [5.41, 5.74) is 1.18. The van der Waals surface area contributed by atoms with E-state index in [1.54, 1.807) is 12.1 Å². The molecular weight excluding hydrogens is 316 g/mol. The van der Waals surface area contributed by atoms with Crippen LogP contribution in [-0.2, 0) is 23.8 Å². The number of nitrogens with one attached hydrogen (secondary N) is 2. The molecule has 0 bridgehead atoms. The maximum absolute atomic E-state index is 11.8. The Morgan fingerprint density at radius 1 is 1.04 bits per heavy atom. The van der Waals surface area contributed by atoms with Gasteiger partial charge in [-0.3, -0.25) is 0 Å². The second kappa shape index (κ2) is 9.19. The van der Waals surface area contributed by atoms with Crippen molar-refractivity contribution in [2.24, 2.45) is 0 Å². The summed E-state index contributed by atoms with van der Waals surface area (Å²) in [4.78, 5) is 35.0. The van der Waals surface area contributed by atoms with E-state index in [4.69, 9.17) is 0 Å². The Morgan fingerprint density at radius 3 is 2.29 bits per heavy atom. The van der Waals surface area contributed by atoms with Gasteiger partial charge < -0.3 is 24.8 Å². The number of methoxy groups -OCH3 is 3. The third kappa shape index (κ3) is 5.01. The van der Waals surface area contributed by atoms with Gasteiger partial charge in [0.25, 0.3) is 0 Å². The molecule has 8 nitrogen and oxygen atoms in total. The lowest BCUT2D eigenvalue weighted by Crippen LogP contribution is -2.17. The van der Waals surface area contributed by atoms with Gasteiger partial charge in [0, 0.05) is 6.54 Å². The Labute approximate surface area is 139 Å². The van der Waals surface area contributed by atoms with E-state index in [0.29, 0.717) is 17.9 Å². The zero-order chi connectivity index (χ0) is 18.1. The van der Waals surface area contributed by atoms with Gasteiger partial charge >= 0.3 is 17.9 Å². The zero-order valence-corrected chi connectivity index (χ0v) is 14.0. The maximum atomic E-state index is 11.8. The van der Waals surface area contributed by atoms with E-state index in [9.17, 15) is 14.4 Å². The van der Waals surface area contributed by atoms with Gasteiger partial charge in [-0.15, -0.1) is 0 Å².